The van der Waals surface area contributed by atoms with E-state index in [2.05, 4.69) is 52.0 Å². The van der Waals surface area contributed by atoms with Crippen LogP contribution in [-0.2, 0) is 11.8 Å². The van der Waals surface area contributed by atoms with Gasteiger partial charge in [0, 0.05) is 29.4 Å². The van der Waals surface area contributed by atoms with Crippen LogP contribution in [0.4, 0.5) is 11.5 Å². The first-order valence-corrected chi connectivity index (χ1v) is 9.69. The number of benzene rings is 1. The number of para-hydroxylation sites is 1. The summed E-state index contributed by atoms with van der Waals surface area (Å²) in [7, 11) is 0. The number of aromatic nitrogens is 3. The smallest absolute Gasteiger partial charge is 0.276 e. The first-order chi connectivity index (χ1) is 12.9. The monoisotopic (exact) mass is 381 g/mol. The fourth-order valence-corrected chi connectivity index (χ4v) is 3.29. The van der Waals surface area contributed by atoms with Crippen LogP contribution in [0.3, 0.4) is 0 Å². The summed E-state index contributed by atoms with van der Waals surface area (Å²) >= 11 is 1.70. The van der Waals surface area contributed by atoms with Crippen molar-refractivity contribution in [3.63, 3.8) is 0 Å². The molecule has 0 aliphatic rings. The predicted octanol–water partition coefficient (Wildman–Crippen LogP) is 4.14. The molecule has 3 aromatic rings. The minimum absolute atomic E-state index is 0.0813. The molecule has 1 amide bonds. The number of anilines is 2. The summed E-state index contributed by atoms with van der Waals surface area (Å²) in [4.78, 5) is 16.8. The van der Waals surface area contributed by atoms with Crippen LogP contribution in [-0.4, -0.2) is 27.6 Å². The zero-order valence-corrected chi connectivity index (χ0v) is 16.5. The van der Waals surface area contributed by atoms with E-state index in [1.54, 1.807) is 23.5 Å². The summed E-state index contributed by atoms with van der Waals surface area (Å²) in [6, 6.07) is 12.7. The maximum Gasteiger partial charge on any atom is 0.276 e. The summed E-state index contributed by atoms with van der Waals surface area (Å²) in [6.45, 7) is 7.20. The summed E-state index contributed by atoms with van der Waals surface area (Å²) in [5, 5.41) is 17.3. The molecule has 3 rings (SSSR count). The molecule has 27 heavy (non-hydrogen) atoms. The highest BCUT2D eigenvalue weighted by Gasteiger charge is 2.17. The molecule has 140 valence electrons. The zero-order valence-electron chi connectivity index (χ0n) is 15.7. The Kier molecular flexibility index (Phi) is 5.81. The number of rotatable bonds is 6. The van der Waals surface area contributed by atoms with Crippen LogP contribution in [0, 0.1) is 0 Å². The number of hydrogen-bond donors (Lipinski definition) is 2. The summed E-state index contributed by atoms with van der Waals surface area (Å²) in [5.74, 6) is 0.356. The van der Waals surface area contributed by atoms with E-state index < -0.39 is 0 Å². The van der Waals surface area contributed by atoms with Crippen molar-refractivity contribution in [2.24, 2.45) is 0 Å². The Morgan fingerprint density at radius 3 is 2.48 bits per heavy atom. The van der Waals surface area contributed by atoms with E-state index in [-0.39, 0.29) is 17.0 Å². The SMILES string of the molecule is CC(C)(C)c1nc(CCNc2ccc(C(=O)Nc3ccccc3)nn2)cs1. The molecule has 0 radical (unpaired) electrons. The molecule has 0 bridgehead atoms. The fraction of sp³-hybridized carbons (Fsp3) is 0.300. The fourth-order valence-electron chi connectivity index (χ4n) is 2.35. The average Bonchev–Trinajstić information content (AvgIpc) is 3.12. The van der Waals surface area contributed by atoms with Crippen molar-refractivity contribution >= 4 is 28.7 Å². The Morgan fingerprint density at radius 2 is 1.85 bits per heavy atom. The van der Waals surface area contributed by atoms with Crippen molar-refractivity contribution in [2.75, 3.05) is 17.2 Å². The molecule has 0 aliphatic heterocycles. The predicted molar refractivity (Wildman–Crippen MR) is 109 cm³/mol. The molecule has 0 unspecified atom stereocenters. The molecule has 2 N–H and O–H groups in total. The van der Waals surface area contributed by atoms with Gasteiger partial charge in [-0.25, -0.2) is 4.98 Å². The van der Waals surface area contributed by atoms with Crippen molar-refractivity contribution in [1.29, 1.82) is 0 Å². The minimum atomic E-state index is -0.280. The molecular formula is C20H23N5OS. The van der Waals surface area contributed by atoms with Crippen LogP contribution in [0.5, 0.6) is 0 Å². The second-order valence-corrected chi connectivity index (χ2v) is 8.05. The van der Waals surface area contributed by atoms with Gasteiger partial charge in [-0.1, -0.05) is 39.0 Å². The van der Waals surface area contributed by atoms with E-state index in [1.807, 2.05) is 30.3 Å². The van der Waals surface area contributed by atoms with Crippen molar-refractivity contribution < 1.29 is 4.79 Å². The molecule has 6 nitrogen and oxygen atoms in total. The van der Waals surface area contributed by atoms with Crippen LogP contribution < -0.4 is 10.6 Å². The van der Waals surface area contributed by atoms with Gasteiger partial charge in [0.2, 0.25) is 0 Å². The highest BCUT2D eigenvalue weighted by Crippen LogP contribution is 2.25. The third kappa shape index (κ3) is 5.34. The van der Waals surface area contributed by atoms with Crippen LogP contribution in [0.15, 0.2) is 47.8 Å². The lowest BCUT2D eigenvalue weighted by Crippen LogP contribution is -2.15. The molecule has 0 spiro atoms. The van der Waals surface area contributed by atoms with Gasteiger partial charge in [0.15, 0.2) is 5.69 Å². The number of nitrogens with zero attached hydrogens (tertiary/aromatic N) is 3. The second kappa shape index (κ2) is 8.26. The van der Waals surface area contributed by atoms with Gasteiger partial charge in [0.25, 0.3) is 5.91 Å². The number of nitrogens with one attached hydrogen (secondary N) is 2. The van der Waals surface area contributed by atoms with Gasteiger partial charge < -0.3 is 10.6 Å². The van der Waals surface area contributed by atoms with Crippen molar-refractivity contribution in [2.45, 2.75) is 32.6 Å². The molecule has 0 fully saturated rings. The van der Waals surface area contributed by atoms with Gasteiger partial charge in [-0.05, 0) is 24.3 Å². The highest BCUT2D eigenvalue weighted by molar-refractivity contribution is 7.09. The van der Waals surface area contributed by atoms with Crippen LogP contribution in [0.25, 0.3) is 0 Å². The zero-order chi connectivity index (χ0) is 19.3. The van der Waals surface area contributed by atoms with E-state index in [0.29, 0.717) is 12.4 Å². The topological polar surface area (TPSA) is 79.8 Å². The third-order valence-electron chi connectivity index (χ3n) is 3.81. The molecular weight excluding hydrogens is 358 g/mol. The van der Waals surface area contributed by atoms with Crippen LogP contribution >= 0.6 is 11.3 Å². The number of carbonyl (C=O) groups excluding carboxylic acids is 1. The van der Waals surface area contributed by atoms with E-state index >= 15 is 0 Å². The van der Waals surface area contributed by atoms with Gasteiger partial charge in [0.1, 0.15) is 5.82 Å². The second-order valence-electron chi connectivity index (χ2n) is 7.19. The van der Waals surface area contributed by atoms with Gasteiger partial charge in [-0.3, -0.25) is 4.79 Å². The van der Waals surface area contributed by atoms with Gasteiger partial charge >= 0.3 is 0 Å². The number of hydrogen-bond acceptors (Lipinski definition) is 6. The molecule has 0 aliphatic carbocycles. The Bertz CT molecular complexity index is 885. The lowest BCUT2D eigenvalue weighted by molar-refractivity contribution is 0.102. The maximum absolute atomic E-state index is 12.2. The average molecular weight is 382 g/mol. The summed E-state index contributed by atoms with van der Waals surface area (Å²) < 4.78 is 0. The highest BCUT2D eigenvalue weighted by atomic mass is 32.1. The Morgan fingerprint density at radius 1 is 1.07 bits per heavy atom. The lowest BCUT2D eigenvalue weighted by Gasteiger charge is -2.13. The molecule has 0 saturated heterocycles. The first kappa shape index (κ1) is 19.0. The van der Waals surface area contributed by atoms with E-state index in [0.717, 1.165) is 22.8 Å². The minimum Gasteiger partial charge on any atom is -0.368 e. The van der Waals surface area contributed by atoms with Crippen LogP contribution in [0.2, 0.25) is 0 Å². The molecule has 0 saturated carbocycles. The lowest BCUT2D eigenvalue weighted by atomic mass is 9.98. The van der Waals surface area contributed by atoms with Crippen LogP contribution in [0.1, 0.15) is 42.0 Å². The Hall–Kier alpha value is -2.80. The van der Waals surface area contributed by atoms with Gasteiger partial charge in [0.05, 0.1) is 10.7 Å². The molecule has 7 heteroatoms. The molecule has 2 aromatic heterocycles. The van der Waals surface area contributed by atoms with Crippen molar-refractivity contribution in [1.82, 2.24) is 15.2 Å². The largest absolute Gasteiger partial charge is 0.368 e. The number of carbonyl (C=O) groups is 1. The normalized spacial score (nSPS) is 11.2. The summed E-state index contributed by atoms with van der Waals surface area (Å²) in [6.07, 6.45) is 0.810. The Labute approximate surface area is 163 Å². The maximum atomic E-state index is 12.2. The molecule has 1 aromatic carbocycles. The molecule has 0 atom stereocenters. The van der Waals surface area contributed by atoms with E-state index in [4.69, 9.17) is 0 Å². The quantitative estimate of drug-likeness (QED) is 0.671. The number of amides is 1. The van der Waals surface area contributed by atoms with E-state index in [9.17, 15) is 4.79 Å². The Balaban J connectivity index is 1.50. The standard InChI is InChI=1S/C20H23N5OS/c1-20(2,3)19-23-15(13-27-19)11-12-21-17-10-9-16(24-25-17)18(26)22-14-7-5-4-6-8-14/h4-10,13H,11-12H2,1-3H3,(H,21,25)(H,22,26). The molecule has 2 heterocycles. The first-order valence-electron chi connectivity index (χ1n) is 8.81. The summed E-state index contributed by atoms with van der Waals surface area (Å²) in [5.41, 5.74) is 2.16. The van der Waals surface area contributed by atoms with Gasteiger partial charge in [-0.2, -0.15) is 0 Å². The third-order valence-corrected chi connectivity index (χ3v) is 5.13. The van der Waals surface area contributed by atoms with Gasteiger partial charge in [-0.15, -0.1) is 21.5 Å². The van der Waals surface area contributed by atoms with Crippen molar-refractivity contribution in [3.8, 4) is 0 Å². The van der Waals surface area contributed by atoms with Crippen molar-refractivity contribution in [3.05, 3.63) is 64.2 Å². The number of thiazole rings is 1. The van der Waals surface area contributed by atoms with E-state index in [1.165, 1.54) is 0 Å².